The van der Waals surface area contributed by atoms with E-state index in [1.807, 2.05) is 6.92 Å². The lowest BCUT2D eigenvalue weighted by Crippen LogP contribution is -2.22. The van der Waals surface area contributed by atoms with Gasteiger partial charge in [-0.2, -0.15) is 0 Å². The Bertz CT molecular complexity index is 583. The minimum Gasteiger partial charge on any atom is -0.507 e. The summed E-state index contributed by atoms with van der Waals surface area (Å²) in [6.07, 6.45) is 1.77. The van der Waals surface area contributed by atoms with Crippen molar-refractivity contribution >= 4 is 33.2 Å². The van der Waals surface area contributed by atoms with Crippen LogP contribution in [0.4, 0.5) is 0 Å². The van der Waals surface area contributed by atoms with Crippen LogP contribution >= 0.6 is 27.3 Å². The van der Waals surface area contributed by atoms with Crippen molar-refractivity contribution in [2.75, 3.05) is 0 Å². The van der Waals surface area contributed by atoms with E-state index in [-0.39, 0.29) is 17.2 Å². The molecule has 0 aliphatic carbocycles. The maximum absolute atomic E-state index is 11.8. The Balaban J connectivity index is 2.03. The predicted octanol–water partition coefficient (Wildman–Crippen LogP) is 2.85. The zero-order valence-corrected chi connectivity index (χ0v) is 12.0. The fourth-order valence-corrected chi connectivity index (χ4v) is 2.51. The molecule has 0 aliphatic rings. The van der Waals surface area contributed by atoms with Crippen LogP contribution in [0.3, 0.4) is 0 Å². The molecule has 6 heteroatoms. The summed E-state index contributed by atoms with van der Waals surface area (Å²) in [6, 6.07) is 4.77. The number of phenolic OH excluding ortho intramolecular Hbond substituents is 1. The summed E-state index contributed by atoms with van der Waals surface area (Å²) < 4.78 is 0.729. The van der Waals surface area contributed by atoms with E-state index in [0.717, 1.165) is 14.4 Å². The Morgan fingerprint density at radius 2 is 2.33 bits per heavy atom. The molecule has 94 valence electrons. The number of thiazole rings is 1. The summed E-state index contributed by atoms with van der Waals surface area (Å²) in [6.45, 7) is 2.33. The fraction of sp³-hybridized carbons (Fsp3) is 0.167. The second kappa shape index (κ2) is 5.49. The van der Waals surface area contributed by atoms with Gasteiger partial charge in [-0.1, -0.05) is 15.9 Å². The summed E-state index contributed by atoms with van der Waals surface area (Å²) in [7, 11) is 0. The molecule has 2 N–H and O–H groups in total. The van der Waals surface area contributed by atoms with Crippen LogP contribution in [0.2, 0.25) is 0 Å². The van der Waals surface area contributed by atoms with Crippen molar-refractivity contribution < 1.29 is 9.90 Å². The van der Waals surface area contributed by atoms with Crippen molar-refractivity contribution in [1.29, 1.82) is 0 Å². The molecular weight excluding hydrogens is 316 g/mol. The first-order valence-electron chi connectivity index (χ1n) is 5.24. The standard InChI is InChI=1S/C12H11BrN2O2S/c1-7-5-14-11(18-7)6-15-12(17)9-3-2-8(13)4-10(9)16/h2-5,16H,6H2,1H3,(H,15,17). The van der Waals surface area contributed by atoms with Crippen molar-refractivity contribution in [3.63, 3.8) is 0 Å². The van der Waals surface area contributed by atoms with Gasteiger partial charge in [0, 0.05) is 15.5 Å². The summed E-state index contributed by atoms with van der Waals surface area (Å²) in [5, 5.41) is 13.2. The van der Waals surface area contributed by atoms with Crippen LogP contribution in [0.5, 0.6) is 5.75 Å². The van der Waals surface area contributed by atoms with Gasteiger partial charge in [0.25, 0.3) is 5.91 Å². The molecule has 0 saturated heterocycles. The molecule has 1 amide bonds. The van der Waals surface area contributed by atoms with Crippen LogP contribution in [0.25, 0.3) is 0 Å². The molecule has 4 nitrogen and oxygen atoms in total. The first-order chi connectivity index (χ1) is 8.56. The third-order valence-corrected chi connectivity index (χ3v) is 3.68. The van der Waals surface area contributed by atoms with E-state index in [1.54, 1.807) is 18.3 Å². The van der Waals surface area contributed by atoms with Crippen LogP contribution in [-0.4, -0.2) is 16.0 Å². The van der Waals surface area contributed by atoms with Crippen LogP contribution in [0, 0.1) is 6.92 Å². The smallest absolute Gasteiger partial charge is 0.255 e. The SMILES string of the molecule is Cc1cnc(CNC(=O)c2ccc(Br)cc2O)s1. The van der Waals surface area contributed by atoms with E-state index in [4.69, 9.17) is 0 Å². The second-order valence-corrected chi connectivity index (χ2v) is 5.94. The lowest BCUT2D eigenvalue weighted by atomic mass is 10.2. The second-order valence-electron chi connectivity index (χ2n) is 3.71. The number of hydrogen-bond acceptors (Lipinski definition) is 4. The van der Waals surface area contributed by atoms with E-state index < -0.39 is 0 Å². The highest BCUT2D eigenvalue weighted by Gasteiger charge is 2.11. The van der Waals surface area contributed by atoms with Crippen LogP contribution in [-0.2, 0) is 6.54 Å². The number of carbonyl (C=O) groups excluding carboxylic acids is 1. The third-order valence-electron chi connectivity index (χ3n) is 2.27. The number of benzene rings is 1. The zero-order chi connectivity index (χ0) is 13.1. The van der Waals surface area contributed by atoms with Crippen LogP contribution < -0.4 is 5.32 Å². The van der Waals surface area contributed by atoms with E-state index in [2.05, 4.69) is 26.2 Å². The minimum absolute atomic E-state index is 0.0443. The van der Waals surface area contributed by atoms with Gasteiger partial charge < -0.3 is 10.4 Å². The van der Waals surface area contributed by atoms with Gasteiger partial charge >= 0.3 is 0 Å². The maximum atomic E-state index is 11.8. The van der Waals surface area contributed by atoms with E-state index in [1.165, 1.54) is 17.4 Å². The first kappa shape index (κ1) is 13.0. The number of hydrogen-bond donors (Lipinski definition) is 2. The Hall–Kier alpha value is -1.40. The summed E-state index contributed by atoms with van der Waals surface area (Å²) in [5.41, 5.74) is 0.256. The molecule has 1 heterocycles. The molecular formula is C12H11BrN2O2S. The van der Waals surface area contributed by atoms with Crippen molar-refractivity contribution in [1.82, 2.24) is 10.3 Å². The summed E-state index contributed by atoms with van der Waals surface area (Å²) in [5.74, 6) is -0.356. The molecule has 1 aromatic heterocycles. The number of rotatable bonds is 3. The van der Waals surface area contributed by atoms with Gasteiger partial charge in [0.15, 0.2) is 0 Å². The summed E-state index contributed by atoms with van der Waals surface area (Å²) in [4.78, 5) is 17.1. The Kier molecular flexibility index (Phi) is 3.98. The van der Waals surface area contributed by atoms with E-state index >= 15 is 0 Å². The molecule has 0 fully saturated rings. The molecule has 0 spiro atoms. The number of nitrogens with one attached hydrogen (secondary N) is 1. The highest BCUT2D eigenvalue weighted by Crippen LogP contribution is 2.22. The molecule has 0 bridgehead atoms. The number of aromatic nitrogens is 1. The molecule has 0 atom stereocenters. The highest BCUT2D eigenvalue weighted by molar-refractivity contribution is 9.10. The topological polar surface area (TPSA) is 62.2 Å². The van der Waals surface area contributed by atoms with Gasteiger partial charge in [0.2, 0.25) is 0 Å². The van der Waals surface area contributed by atoms with E-state index in [0.29, 0.717) is 6.54 Å². The number of phenols is 1. The minimum atomic E-state index is -0.312. The normalized spacial score (nSPS) is 10.3. The van der Waals surface area contributed by atoms with Gasteiger partial charge in [0.05, 0.1) is 12.1 Å². The molecule has 0 unspecified atom stereocenters. The van der Waals surface area contributed by atoms with Crippen molar-refractivity contribution in [2.45, 2.75) is 13.5 Å². The molecule has 0 aliphatic heterocycles. The lowest BCUT2D eigenvalue weighted by Gasteiger charge is -2.05. The number of amides is 1. The summed E-state index contributed by atoms with van der Waals surface area (Å²) >= 11 is 4.76. The average Bonchev–Trinajstić information content (AvgIpc) is 2.72. The van der Waals surface area contributed by atoms with Crippen molar-refractivity contribution in [2.24, 2.45) is 0 Å². The number of aromatic hydroxyl groups is 1. The number of halogens is 1. The zero-order valence-electron chi connectivity index (χ0n) is 9.61. The Morgan fingerprint density at radius 3 is 2.94 bits per heavy atom. The highest BCUT2D eigenvalue weighted by atomic mass is 79.9. The van der Waals surface area contributed by atoms with Gasteiger partial charge in [-0.25, -0.2) is 4.98 Å². The number of nitrogens with zero attached hydrogens (tertiary/aromatic N) is 1. The maximum Gasteiger partial charge on any atom is 0.255 e. The third kappa shape index (κ3) is 3.08. The molecule has 0 radical (unpaired) electrons. The number of aryl methyl sites for hydroxylation is 1. The average molecular weight is 327 g/mol. The molecule has 2 aromatic rings. The largest absolute Gasteiger partial charge is 0.507 e. The van der Waals surface area contributed by atoms with Gasteiger partial charge in [0.1, 0.15) is 10.8 Å². The lowest BCUT2D eigenvalue weighted by molar-refractivity contribution is 0.0948. The quantitative estimate of drug-likeness (QED) is 0.911. The Morgan fingerprint density at radius 1 is 1.56 bits per heavy atom. The van der Waals surface area contributed by atoms with Crippen molar-refractivity contribution in [3.05, 3.63) is 44.3 Å². The van der Waals surface area contributed by atoms with Gasteiger partial charge in [-0.05, 0) is 25.1 Å². The molecule has 18 heavy (non-hydrogen) atoms. The van der Waals surface area contributed by atoms with Gasteiger partial charge in [-0.15, -0.1) is 11.3 Å². The molecule has 1 aromatic carbocycles. The van der Waals surface area contributed by atoms with Crippen LogP contribution in [0.1, 0.15) is 20.2 Å². The molecule has 0 saturated carbocycles. The monoisotopic (exact) mass is 326 g/mol. The predicted molar refractivity (Wildman–Crippen MR) is 73.8 cm³/mol. The van der Waals surface area contributed by atoms with E-state index in [9.17, 15) is 9.90 Å². The first-order valence-corrected chi connectivity index (χ1v) is 6.85. The number of carbonyl (C=O) groups is 1. The van der Waals surface area contributed by atoms with Crippen molar-refractivity contribution in [3.8, 4) is 5.75 Å². The fourth-order valence-electron chi connectivity index (χ4n) is 1.43. The van der Waals surface area contributed by atoms with Gasteiger partial charge in [-0.3, -0.25) is 4.79 Å². The Labute approximate surface area is 117 Å². The van der Waals surface area contributed by atoms with Crippen LogP contribution in [0.15, 0.2) is 28.9 Å². The molecule has 2 rings (SSSR count).